The molecule has 2 rings (SSSR count). The van der Waals surface area contributed by atoms with E-state index in [0.29, 0.717) is 16.7 Å². The number of halogens is 2. The smallest absolute Gasteiger partial charge is 0.335 e. The average Bonchev–Trinajstić information content (AvgIpc) is 2.33. The maximum Gasteiger partial charge on any atom is 0.335 e. The Morgan fingerprint density at radius 3 is 2.56 bits per heavy atom. The number of carboxylic acid groups (broad SMARTS) is 1. The monoisotopic (exact) mass is 264 g/mol. The predicted molar refractivity (Wildman–Crippen MR) is 68.5 cm³/mol. The Balaban J connectivity index is 2.58. The summed E-state index contributed by atoms with van der Waals surface area (Å²) < 4.78 is 13.9. The van der Waals surface area contributed by atoms with Crippen molar-refractivity contribution in [2.75, 3.05) is 0 Å². The molecule has 0 unspecified atom stereocenters. The fraction of sp³-hybridized carbons (Fsp3) is 0.0714. The molecule has 0 aliphatic rings. The Bertz CT molecular complexity index is 623. The molecule has 2 nitrogen and oxygen atoms in total. The second-order valence-corrected chi connectivity index (χ2v) is 4.34. The van der Waals surface area contributed by atoms with Crippen LogP contribution in [-0.2, 0) is 0 Å². The van der Waals surface area contributed by atoms with Gasteiger partial charge in [-0.3, -0.25) is 0 Å². The van der Waals surface area contributed by atoms with Crippen LogP contribution in [0.5, 0.6) is 0 Å². The second-order valence-electron chi connectivity index (χ2n) is 3.94. The van der Waals surface area contributed by atoms with Crippen molar-refractivity contribution in [3.8, 4) is 11.1 Å². The quantitative estimate of drug-likeness (QED) is 0.885. The summed E-state index contributed by atoms with van der Waals surface area (Å²) in [5.74, 6) is -1.50. The molecule has 0 aromatic heterocycles. The van der Waals surface area contributed by atoms with Crippen molar-refractivity contribution in [2.24, 2.45) is 0 Å². The molecule has 0 heterocycles. The van der Waals surface area contributed by atoms with Crippen LogP contribution in [0.3, 0.4) is 0 Å². The van der Waals surface area contributed by atoms with E-state index in [4.69, 9.17) is 16.7 Å². The van der Waals surface area contributed by atoms with Crippen molar-refractivity contribution in [3.63, 3.8) is 0 Å². The average molecular weight is 265 g/mol. The Labute approximate surface area is 109 Å². The van der Waals surface area contributed by atoms with E-state index in [1.54, 1.807) is 25.1 Å². The minimum atomic E-state index is -1.00. The fourth-order valence-corrected chi connectivity index (χ4v) is 1.99. The number of hydrogen-bond acceptors (Lipinski definition) is 1. The van der Waals surface area contributed by atoms with Gasteiger partial charge in [0.1, 0.15) is 5.82 Å². The molecule has 0 aliphatic heterocycles. The zero-order valence-electron chi connectivity index (χ0n) is 9.58. The predicted octanol–water partition coefficient (Wildman–Crippen LogP) is 4.15. The highest BCUT2D eigenvalue weighted by Gasteiger charge is 2.12. The Hall–Kier alpha value is -1.87. The lowest BCUT2D eigenvalue weighted by Crippen LogP contribution is -1.97. The van der Waals surface area contributed by atoms with E-state index in [-0.39, 0.29) is 10.6 Å². The molecule has 4 heteroatoms. The third-order valence-corrected chi connectivity index (χ3v) is 3.01. The van der Waals surface area contributed by atoms with Gasteiger partial charge in [0.2, 0.25) is 0 Å². The zero-order valence-corrected chi connectivity index (χ0v) is 10.3. The van der Waals surface area contributed by atoms with Crippen molar-refractivity contribution in [1.82, 2.24) is 0 Å². The number of aryl methyl sites for hydroxylation is 1. The number of benzene rings is 2. The van der Waals surface area contributed by atoms with Crippen LogP contribution in [0, 0.1) is 12.7 Å². The van der Waals surface area contributed by atoms with Crippen LogP contribution in [0.15, 0.2) is 36.4 Å². The van der Waals surface area contributed by atoms with Crippen LogP contribution in [-0.4, -0.2) is 11.1 Å². The molecule has 0 spiro atoms. The lowest BCUT2D eigenvalue weighted by atomic mass is 9.98. The van der Waals surface area contributed by atoms with Crippen LogP contribution in [0.1, 0.15) is 15.9 Å². The summed E-state index contributed by atoms with van der Waals surface area (Å²) in [6.07, 6.45) is 0. The topological polar surface area (TPSA) is 37.3 Å². The number of aromatic carboxylic acids is 1. The van der Waals surface area contributed by atoms with Gasteiger partial charge in [-0.15, -0.1) is 0 Å². The van der Waals surface area contributed by atoms with Crippen LogP contribution >= 0.6 is 11.6 Å². The Kier molecular flexibility index (Phi) is 3.34. The lowest BCUT2D eigenvalue weighted by Gasteiger charge is -2.09. The van der Waals surface area contributed by atoms with Crippen molar-refractivity contribution in [3.05, 3.63) is 58.4 Å². The molecule has 0 amide bonds. The first-order chi connectivity index (χ1) is 8.50. The highest BCUT2D eigenvalue weighted by atomic mass is 35.5. The van der Waals surface area contributed by atoms with Gasteiger partial charge in [0.05, 0.1) is 10.6 Å². The summed E-state index contributed by atoms with van der Waals surface area (Å²) in [5, 5.41) is 8.92. The van der Waals surface area contributed by atoms with Gasteiger partial charge in [-0.05, 0) is 36.2 Å². The van der Waals surface area contributed by atoms with E-state index in [1.165, 1.54) is 18.2 Å². The Morgan fingerprint density at radius 1 is 1.22 bits per heavy atom. The second kappa shape index (κ2) is 4.78. The van der Waals surface area contributed by atoms with Crippen molar-refractivity contribution in [1.29, 1.82) is 0 Å². The molecular formula is C14H10ClFO2. The maximum atomic E-state index is 13.9. The van der Waals surface area contributed by atoms with Crippen molar-refractivity contribution in [2.45, 2.75) is 6.92 Å². The molecule has 0 saturated heterocycles. The lowest BCUT2D eigenvalue weighted by molar-refractivity contribution is 0.0697. The van der Waals surface area contributed by atoms with Gasteiger partial charge < -0.3 is 5.11 Å². The minimum Gasteiger partial charge on any atom is -0.478 e. The van der Waals surface area contributed by atoms with Crippen LogP contribution in [0.4, 0.5) is 4.39 Å². The molecule has 2 aromatic rings. The molecule has 0 radical (unpaired) electrons. The maximum absolute atomic E-state index is 13.9. The van der Waals surface area contributed by atoms with E-state index >= 15 is 0 Å². The van der Waals surface area contributed by atoms with Gasteiger partial charge in [0, 0.05) is 5.56 Å². The normalized spacial score (nSPS) is 10.4. The largest absolute Gasteiger partial charge is 0.478 e. The van der Waals surface area contributed by atoms with E-state index in [0.717, 1.165) is 0 Å². The molecule has 0 bridgehead atoms. The van der Waals surface area contributed by atoms with Gasteiger partial charge in [-0.1, -0.05) is 29.8 Å². The molecule has 0 fully saturated rings. The van der Waals surface area contributed by atoms with Gasteiger partial charge in [0.15, 0.2) is 0 Å². The highest BCUT2D eigenvalue weighted by molar-refractivity contribution is 6.31. The summed E-state index contributed by atoms with van der Waals surface area (Å²) in [6.45, 7) is 1.74. The standard InChI is InChI=1S/C14H10ClFO2/c1-8-7-9(14(17)18)5-6-10(8)11-3-2-4-12(15)13(11)16/h2-7H,1H3,(H,17,18). The van der Waals surface area contributed by atoms with Gasteiger partial charge >= 0.3 is 5.97 Å². The third-order valence-electron chi connectivity index (χ3n) is 2.72. The fourth-order valence-electron chi connectivity index (χ4n) is 1.81. The van der Waals surface area contributed by atoms with Gasteiger partial charge in [-0.25, -0.2) is 9.18 Å². The first kappa shape index (κ1) is 12.6. The van der Waals surface area contributed by atoms with E-state index in [2.05, 4.69) is 0 Å². The summed E-state index contributed by atoms with van der Waals surface area (Å²) in [6, 6.07) is 9.30. The number of carbonyl (C=O) groups is 1. The number of carboxylic acids is 1. The Morgan fingerprint density at radius 2 is 1.94 bits per heavy atom. The highest BCUT2D eigenvalue weighted by Crippen LogP contribution is 2.30. The molecular weight excluding hydrogens is 255 g/mol. The van der Waals surface area contributed by atoms with Gasteiger partial charge in [-0.2, -0.15) is 0 Å². The summed E-state index contributed by atoms with van der Waals surface area (Å²) in [4.78, 5) is 10.8. The van der Waals surface area contributed by atoms with E-state index in [1.807, 2.05) is 0 Å². The van der Waals surface area contributed by atoms with Crippen LogP contribution < -0.4 is 0 Å². The molecule has 1 N–H and O–H groups in total. The molecule has 2 aromatic carbocycles. The summed E-state index contributed by atoms with van der Waals surface area (Å²) in [7, 11) is 0. The SMILES string of the molecule is Cc1cc(C(=O)O)ccc1-c1cccc(Cl)c1F. The first-order valence-corrected chi connectivity index (χ1v) is 5.67. The third kappa shape index (κ3) is 2.22. The first-order valence-electron chi connectivity index (χ1n) is 5.29. The number of rotatable bonds is 2. The van der Waals surface area contributed by atoms with Crippen LogP contribution in [0.25, 0.3) is 11.1 Å². The molecule has 0 saturated carbocycles. The van der Waals surface area contributed by atoms with E-state index in [9.17, 15) is 9.18 Å². The van der Waals surface area contributed by atoms with E-state index < -0.39 is 11.8 Å². The zero-order chi connectivity index (χ0) is 13.3. The minimum absolute atomic E-state index is 0.0502. The summed E-state index contributed by atoms with van der Waals surface area (Å²) in [5.41, 5.74) is 1.88. The molecule has 0 atom stereocenters. The van der Waals surface area contributed by atoms with Crippen molar-refractivity contribution >= 4 is 17.6 Å². The van der Waals surface area contributed by atoms with Crippen LogP contribution in [0.2, 0.25) is 5.02 Å². The number of hydrogen-bond donors (Lipinski definition) is 1. The van der Waals surface area contributed by atoms with Gasteiger partial charge in [0.25, 0.3) is 0 Å². The molecule has 92 valence electrons. The molecule has 0 aliphatic carbocycles. The van der Waals surface area contributed by atoms with Crippen molar-refractivity contribution < 1.29 is 14.3 Å². The summed E-state index contributed by atoms with van der Waals surface area (Å²) >= 11 is 5.73. The molecule has 18 heavy (non-hydrogen) atoms.